The molecule has 242 valence electrons. The summed E-state index contributed by atoms with van der Waals surface area (Å²) in [6.07, 6.45) is -1.35. The van der Waals surface area contributed by atoms with Gasteiger partial charge in [0.2, 0.25) is 11.0 Å². The van der Waals surface area contributed by atoms with E-state index in [1.54, 1.807) is 4.90 Å². The third-order valence-corrected chi connectivity index (χ3v) is 8.78. The van der Waals surface area contributed by atoms with Gasteiger partial charge in [-0.3, -0.25) is 15.0 Å². The van der Waals surface area contributed by atoms with Crippen molar-refractivity contribution in [2.24, 2.45) is 4.99 Å². The molecule has 1 unspecified atom stereocenters. The Morgan fingerprint density at radius 2 is 1.89 bits per heavy atom. The van der Waals surface area contributed by atoms with Crippen LogP contribution in [-0.4, -0.2) is 55.1 Å². The molecule has 2 N–H and O–H groups in total. The number of thioether (sulfide) groups is 1. The van der Waals surface area contributed by atoms with Crippen LogP contribution in [0.1, 0.15) is 29.2 Å². The lowest BCUT2D eigenvalue weighted by Gasteiger charge is -2.22. The number of nitrogens with zero attached hydrogens (tertiary/aromatic N) is 5. The number of thiocarbonyl (C=S) groups is 1. The summed E-state index contributed by atoms with van der Waals surface area (Å²) in [5, 5.41) is 10.4. The molecule has 0 bridgehead atoms. The maximum absolute atomic E-state index is 12.9. The number of carbonyl (C=O) groups excluding carboxylic acids is 2. The summed E-state index contributed by atoms with van der Waals surface area (Å²) in [5.41, 5.74) is 6.15. The number of alkyl halides is 3. The van der Waals surface area contributed by atoms with E-state index in [1.165, 1.54) is 47.0 Å². The standard InChI is InChI=1S/C32H28F3N7O3S2/c1-3-19-6-4-5-18(2)27(19)42-26(43)16-47-31(42)39-30(46)38-29(44)37-23-14-20-7-8-21(13-22(20)15-23)28-36-17-41(40-28)24-9-11-25(12-10-24)45-32(33,34)35/h4-13,17,23H,3,14-16H2,1-2H3,(H2,37,38,44,46). The molecule has 2 aliphatic rings. The zero-order valence-electron chi connectivity index (χ0n) is 25.2. The summed E-state index contributed by atoms with van der Waals surface area (Å²) >= 11 is 6.65. The highest BCUT2D eigenvalue weighted by atomic mass is 32.2. The van der Waals surface area contributed by atoms with E-state index in [0.717, 1.165) is 39.9 Å². The first kappa shape index (κ1) is 32.2. The number of anilines is 1. The number of amidine groups is 1. The Bertz CT molecular complexity index is 1890. The highest BCUT2D eigenvalue weighted by molar-refractivity contribution is 8.15. The van der Waals surface area contributed by atoms with E-state index in [0.29, 0.717) is 29.5 Å². The van der Waals surface area contributed by atoms with Crippen molar-refractivity contribution in [1.29, 1.82) is 0 Å². The Hall–Kier alpha value is -4.76. The number of rotatable bonds is 6. The number of carbonyl (C=O) groups is 2. The fraction of sp³-hybridized carbons (Fsp3) is 0.250. The Labute approximate surface area is 277 Å². The van der Waals surface area contributed by atoms with Crippen molar-refractivity contribution in [2.45, 2.75) is 45.5 Å². The zero-order chi connectivity index (χ0) is 33.3. The number of hydrogen-bond donors (Lipinski definition) is 2. The largest absolute Gasteiger partial charge is 0.573 e. The number of aryl methyl sites for hydroxylation is 2. The van der Waals surface area contributed by atoms with Gasteiger partial charge in [0.25, 0.3) is 0 Å². The fourth-order valence-corrected chi connectivity index (χ4v) is 6.70. The number of para-hydroxylation sites is 1. The molecule has 10 nitrogen and oxygen atoms in total. The summed E-state index contributed by atoms with van der Waals surface area (Å²) in [4.78, 5) is 36.0. The summed E-state index contributed by atoms with van der Waals surface area (Å²) in [6, 6.07) is 16.3. The van der Waals surface area contributed by atoms with Crippen molar-refractivity contribution < 1.29 is 27.5 Å². The Morgan fingerprint density at radius 1 is 1.13 bits per heavy atom. The van der Waals surface area contributed by atoms with Gasteiger partial charge in [-0.1, -0.05) is 49.0 Å². The molecule has 1 saturated heterocycles. The van der Waals surface area contributed by atoms with Crippen molar-refractivity contribution in [3.8, 4) is 22.8 Å². The second-order valence-corrected chi connectivity index (χ2v) is 12.2. The van der Waals surface area contributed by atoms with Gasteiger partial charge in [-0.25, -0.2) is 14.5 Å². The first-order valence-electron chi connectivity index (χ1n) is 14.6. The number of hydrogen-bond acceptors (Lipinski definition) is 7. The molecular formula is C32H28F3N7O3S2. The van der Waals surface area contributed by atoms with Crippen LogP contribution in [0.15, 0.2) is 72.0 Å². The molecule has 1 aliphatic heterocycles. The van der Waals surface area contributed by atoms with Gasteiger partial charge in [0.15, 0.2) is 11.0 Å². The fourth-order valence-electron chi connectivity index (χ4n) is 5.60. The molecule has 6 rings (SSSR count). The lowest BCUT2D eigenvalue weighted by atomic mass is 10.0. The number of nitrogens with one attached hydrogen (secondary N) is 2. The smallest absolute Gasteiger partial charge is 0.406 e. The minimum Gasteiger partial charge on any atom is -0.406 e. The monoisotopic (exact) mass is 679 g/mol. The van der Waals surface area contributed by atoms with Gasteiger partial charge in [0.05, 0.1) is 17.1 Å². The molecule has 47 heavy (non-hydrogen) atoms. The van der Waals surface area contributed by atoms with Gasteiger partial charge in [-0.2, -0.15) is 4.99 Å². The van der Waals surface area contributed by atoms with Gasteiger partial charge in [0.1, 0.15) is 12.1 Å². The van der Waals surface area contributed by atoms with Gasteiger partial charge < -0.3 is 10.1 Å². The molecule has 0 spiro atoms. The van der Waals surface area contributed by atoms with Crippen LogP contribution in [0.3, 0.4) is 0 Å². The van der Waals surface area contributed by atoms with Crippen molar-refractivity contribution in [1.82, 2.24) is 25.4 Å². The summed E-state index contributed by atoms with van der Waals surface area (Å²) < 4.78 is 42.8. The number of fused-ring (bicyclic) bond motifs is 1. The van der Waals surface area contributed by atoms with Crippen molar-refractivity contribution in [3.05, 3.63) is 89.2 Å². The zero-order valence-corrected chi connectivity index (χ0v) is 26.8. The normalized spacial score (nSPS) is 16.8. The van der Waals surface area contributed by atoms with E-state index >= 15 is 0 Å². The van der Waals surface area contributed by atoms with Crippen molar-refractivity contribution in [2.75, 3.05) is 10.7 Å². The minimum atomic E-state index is -4.77. The van der Waals surface area contributed by atoms with Crippen LogP contribution in [0, 0.1) is 6.92 Å². The van der Waals surface area contributed by atoms with Crippen LogP contribution < -0.4 is 20.3 Å². The van der Waals surface area contributed by atoms with Crippen molar-refractivity contribution >= 4 is 51.9 Å². The summed E-state index contributed by atoms with van der Waals surface area (Å²) in [6.45, 7) is 3.97. The average Bonchev–Trinajstić information content (AvgIpc) is 3.75. The molecule has 4 aromatic rings. The highest BCUT2D eigenvalue weighted by Gasteiger charge is 2.33. The van der Waals surface area contributed by atoms with E-state index in [1.807, 2.05) is 50.2 Å². The van der Waals surface area contributed by atoms with E-state index in [4.69, 9.17) is 12.2 Å². The lowest BCUT2D eigenvalue weighted by molar-refractivity contribution is -0.274. The topological polar surface area (TPSA) is 114 Å². The molecule has 3 aromatic carbocycles. The maximum atomic E-state index is 12.9. The van der Waals surface area contributed by atoms with E-state index in [9.17, 15) is 22.8 Å². The lowest BCUT2D eigenvalue weighted by Crippen LogP contribution is -2.44. The second-order valence-electron chi connectivity index (χ2n) is 10.9. The number of aromatic nitrogens is 3. The first-order valence-corrected chi connectivity index (χ1v) is 16.0. The van der Waals surface area contributed by atoms with Gasteiger partial charge in [-0.05, 0) is 91.0 Å². The molecule has 1 aliphatic carbocycles. The van der Waals surface area contributed by atoms with Crippen LogP contribution in [0.2, 0.25) is 0 Å². The SMILES string of the molecule is CCc1cccc(C)c1N1C(=O)CSC1=NC(=S)NC(=O)NC1Cc2ccc(-c3ncn(-c4ccc(OC(F)(F)F)cc4)n3)cc2C1. The Balaban J connectivity index is 1.07. The Morgan fingerprint density at radius 3 is 2.64 bits per heavy atom. The molecule has 1 fully saturated rings. The number of benzene rings is 3. The molecule has 1 aromatic heterocycles. The predicted molar refractivity (Wildman–Crippen MR) is 177 cm³/mol. The Kier molecular flexibility index (Phi) is 9.01. The third-order valence-electron chi connectivity index (χ3n) is 7.67. The van der Waals surface area contributed by atoms with Gasteiger partial charge >= 0.3 is 12.4 Å². The minimum absolute atomic E-state index is 0.0432. The number of halogens is 3. The van der Waals surface area contributed by atoms with Crippen LogP contribution in [0.25, 0.3) is 17.1 Å². The van der Waals surface area contributed by atoms with Gasteiger partial charge in [-0.15, -0.1) is 18.3 Å². The molecule has 15 heteroatoms. The number of aliphatic imine (C=N–C) groups is 1. The average molecular weight is 680 g/mol. The molecule has 0 radical (unpaired) electrons. The van der Waals surface area contributed by atoms with Crippen LogP contribution in [-0.2, 0) is 24.1 Å². The van der Waals surface area contributed by atoms with E-state index < -0.39 is 12.4 Å². The molecule has 0 saturated carbocycles. The summed E-state index contributed by atoms with van der Waals surface area (Å²) in [7, 11) is 0. The summed E-state index contributed by atoms with van der Waals surface area (Å²) in [5.74, 6) is 0.253. The van der Waals surface area contributed by atoms with Crippen molar-refractivity contribution in [3.63, 3.8) is 0 Å². The quantitative estimate of drug-likeness (QED) is 0.245. The van der Waals surface area contributed by atoms with Crippen LogP contribution in [0.5, 0.6) is 5.75 Å². The molecule has 3 amide bonds. The predicted octanol–water partition coefficient (Wildman–Crippen LogP) is 5.89. The van der Waals surface area contributed by atoms with E-state index in [-0.39, 0.29) is 28.6 Å². The van der Waals surface area contributed by atoms with Crippen LogP contribution in [0.4, 0.5) is 23.7 Å². The van der Waals surface area contributed by atoms with Gasteiger partial charge in [0, 0.05) is 11.6 Å². The first-order chi connectivity index (χ1) is 22.5. The second kappa shape index (κ2) is 13.2. The molecule has 2 heterocycles. The van der Waals surface area contributed by atoms with Crippen LogP contribution >= 0.6 is 24.0 Å². The van der Waals surface area contributed by atoms with E-state index in [2.05, 4.69) is 30.4 Å². The molecule has 1 atom stereocenters. The third kappa shape index (κ3) is 7.30. The molecular weight excluding hydrogens is 652 g/mol. The number of amides is 3. The highest BCUT2D eigenvalue weighted by Crippen LogP contribution is 2.33. The number of urea groups is 1. The maximum Gasteiger partial charge on any atom is 0.573 e. The number of ether oxygens (including phenoxy) is 1.